The number of rotatable bonds is 5. The first-order valence-corrected chi connectivity index (χ1v) is 6.59. The molecule has 0 saturated heterocycles. The molecule has 1 aromatic rings. The van der Waals surface area contributed by atoms with Crippen molar-refractivity contribution in [3.63, 3.8) is 0 Å². The fourth-order valence-corrected chi connectivity index (χ4v) is 2.00. The summed E-state index contributed by atoms with van der Waals surface area (Å²) in [5.41, 5.74) is 1.02. The third-order valence-electron chi connectivity index (χ3n) is 2.12. The third-order valence-corrected chi connectivity index (χ3v) is 2.76. The summed E-state index contributed by atoms with van der Waals surface area (Å²) in [6.07, 6.45) is 3.29. The summed E-state index contributed by atoms with van der Waals surface area (Å²) in [4.78, 5) is 8.60. The van der Waals surface area contributed by atoms with Gasteiger partial charge in [0.25, 0.3) is 0 Å². The van der Waals surface area contributed by atoms with Gasteiger partial charge in [0.2, 0.25) is 0 Å². The van der Waals surface area contributed by atoms with Gasteiger partial charge < -0.3 is 5.32 Å². The van der Waals surface area contributed by atoms with E-state index in [4.69, 9.17) is 0 Å². The second-order valence-corrected chi connectivity index (χ2v) is 4.75. The summed E-state index contributed by atoms with van der Waals surface area (Å²) in [5, 5.41) is 3.39. The SMILES string of the molecule is CSCCC(C)Nc1cc(C)nc(C)n1. The van der Waals surface area contributed by atoms with Crippen LogP contribution in [0.25, 0.3) is 0 Å². The van der Waals surface area contributed by atoms with Crippen LogP contribution in [0.15, 0.2) is 6.07 Å². The fourth-order valence-electron chi connectivity index (χ4n) is 1.41. The van der Waals surface area contributed by atoms with Gasteiger partial charge in [0.15, 0.2) is 0 Å². The number of nitrogens with zero attached hydrogens (tertiary/aromatic N) is 2. The number of aromatic nitrogens is 2. The van der Waals surface area contributed by atoms with Crippen LogP contribution in [0.4, 0.5) is 5.82 Å². The molecule has 1 heterocycles. The van der Waals surface area contributed by atoms with Gasteiger partial charge in [-0.15, -0.1) is 0 Å². The van der Waals surface area contributed by atoms with E-state index in [2.05, 4.69) is 28.5 Å². The molecular weight excluding hydrogens is 206 g/mol. The normalized spacial score (nSPS) is 12.5. The van der Waals surface area contributed by atoms with E-state index in [9.17, 15) is 0 Å². The first kappa shape index (κ1) is 12.3. The molecule has 0 saturated carbocycles. The van der Waals surface area contributed by atoms with Crippen LogP contribution < -0.4 is 5.32 Å². The molecule has 0 spiro atoms. The zero-order valence-corrected chi connectivity index (χ0v) is 10.7. The largest absolute Gasteiger partial charge is 0.367 e. The van der Waals surface area contributed by atoms with Gasteiger partial charge in [0.05, 0.1) is 0 Å². The average molecular weight is 225 g/mol. The molecule has 0 aromatic carbocycles. The summed E-state index contributed by atoms with van der Waals surface area (Å²) in [6.45, 7) is 6.10. The topological polar surface area (TPSA) is 37.8 Å². The zero-order valence-electron chi connectivity index (χ0n) is 9.87. The highest BCUT2D eigenvalue weighted by atomic mass is 32.2. The van der Waals surface area contributed by atoms with Crippen LogP contribution >= 0.6 is 11.8 Å². The van der Waals surface area contributed by atoms with E-state index in [0.29, 0.717) is 6.04 Å². The van der Waals surface area contributed by atoms with Crippen LogP contribution in [0.5, 0.6) is 0 Å². The maximum absolute atomic E-state index is 4.35. The Morgan fingerprint density at radius 3 is 2.73 bits per heavy atom. The minimum absolute atomic E-state index is 0.464. The molecule has 3 nitrogen and oxygen atoms in total. The van der Waals surface area contributed by atoms with Gasteiger partial charge in [0, 0.05) is 17.8 Å². The van der Waals surface area contributed by atoms with E-state index < -0.39 is 0 Å². The quantitative estimate of drug-likeness (QED) is 0.836. The van der Waals surface area contributed by atoms with Crippen molar-refractivity contribution in [2.45, 2.75) is 33.2 Å². The molecule has 0 fully saturated rings. The molecule has 0 amide bonds. The lowest BCUT2D eigenvalue weighted by molar-refractivity contribution is 0.764. The Morgan fingerprint density at radius 1 is 1.40 bits per heavy atom. The summed E-state index contributed by atoms with van der Waals surface area (Å²) in [7, 11) is 0. The molecule has 1 atom stereocenters. The maximum atomic E-state index is 4.35. The molecule has 4 heteroatoms. The standard InChI is InChI=1S/C11H19N3S/c1-8(5-6-15-4)13-11-7-9(2)12-10(3)14-11/h7-8H,5-6H2,1-4H3,(H,12,13,14). The monoisotopic (exact) mass is 225 g/mol. The van der Waals surface area contributed by atoms with E-state index in [1.165, 1.54) is 5.75 Å². The summed E-state index contributed by atoms with van der Waals surface area (Å²) in [5.74, 6) is 2.94. The first-order chi connectivity index (χ1) is 7.11. The highest BCUT2D eigenvalue weighted by molar-refractivity contribution is 7.98. The molecule has 0 aliphatic rings. The molecule has 15 heavy (non-hydrogen) atoms. The fraction of sp³-hybridized carbons (Fsp3) is 0.636. The summed E-state index contributed by atoms with van der Waals surface area (Å²) >= 11 is 1.87. The van der Waals surface area contributed by atoms with Gasteiger partial charge in [-0.3, -0.25) is 0 Å². The Hall–Kier alpha value is -0.770. The Bertz CT molecular complexity index is 294. The predicted octanol–water partition coefficient (Wildman–Crippen LogP) is 2.65. The number of nitrogens with one attached hydrogen (secondary N) is 1. The number of hydrogen-bond acceptors (Lipinski definition) is 4. The van der Waals surface area contributed by atoms with Gasteiger partial charge in [-0.1, -0.05) is 0 Å². The Labute approximate surface area is 96.1 Å². The van der Waals surface area contributed by atoms with Gasteiger partial charge in [-0.2, -0.15) is 11.8 Å². The highest BCUT2D eigenvalue weighted by Gasteiger charge is 2.03. The molecule has 84 valence electrons. The summed E-state index contributed by atoms with van der Waals surface area (Å²) < 4.78 is 0. The van der Waals surface area contributed by atoms with Gasteiger partial charge in [-0.25, -0.2) is 9.97 Å². The minimum Gasteiger partial charge on any atom is -0.367 e. The van der Waals surface area contributed by atoms with Crippen molar-refractivity contribution < 1.29 is 0 Å². The zero-order chi connectivity index (χ0) is 11.3. The second-order valence-electron chi connectivity index (χ2n) is 3.77. The summed E-state index contributed by atoms with van der Waals surface area (Å²) in [6, 6.07) is 2.45. The van der Waals surface area contributed by atoms with Crippen LogP contribution in [0.3, 0.4) is 0 Å². The van der Waals surface area contributed by atoms with E-state index in [1.54, 1.807) is 0 Å². The van der Waals surface area contributed by atoms with Crippen LogP contribution in [-0.2, 0) is 0 Å². The molecule has 0 aliphatic heterocycles. The average Bonchev–Trinajstić information content (AvgIpc) is 2.13. The van der Waals surface area contributed by atoms with E-state index in [1.807, 2.05) is 31.7 Å². The van der Waals surface area contributed by atoms with Crippen molar-refractivity contribution in [1.82, 2.24) is 9.97 Å². The molecule has 1 aromatic heterocycles. The van der Waals surface area contributed by atoms with Crippen molar-refractivity contribution in [3.05, 3.63) is 17.6 Å². The molecule has 0 bridgehead atoms. The highest BCUT2D eigenvalue weighted by Crippen LogP contribution is 2.09. The Kier molecular flexibility index (Phi) is 4.88. The molecule has 1 unspecified atom stereocenters. The molecule has 0 radical (unpaired) electrons. The van der Waals surface area contributed by atoms with Crippen molar-refractivity contribution in [2.75, 3.05) is 17.3 Å². The third kappa shape index (κ3) is 4.51. The molecule has 1 rings (SSSR count). The van der Waals surface area contributed by atoms with Crippen LogP contribution in [0.1, 0.15) is 24.9 Å². The van der Waals surface area contributed by atoms with Crippen molar-refractivity contribution >= 4 is 17.6 Å². The van der Waals surface area contributed by atoms with Crippen LogP contribution in [-0.4, -0.2) is 28.0 Å². The smallest absolute Gasteiger partial charge is 0.130 e. The van der Waals surface area contributed by atoms with Crippen LogP contribution in [0.2, 0.25) is 0 Å². The van der Waals surface area contributed by atoms with E-state index >= 15 is 0 Å². The van der Waals surface area contributed by atoms with Gasteiger partial charge >= 0.3 is 0 Å². The van der Waals surface area contributed by atoms with E-state index in [-0.39, 0.29) is 0 Å². The van der Waals surface area contributed by atoms with Crippen molar-refractivity contribution in [3.8, 4) is 0 Å². The minimum atomic E-state index is 0.464. The number of hydrogen-bond donors (Lipinski definition) is 1. The number of anilines is 1. The number of thioether (sulfide) groups is 1. The molecule has 0 aliphatic carbocycles. The first-order valence-electron chi connectivity index (χ1n) is 5.19. The Morgan fingerprint density at radius 2 is 2.13 bits per heavy atom. The second kappa shape index (κ2) is 5.95. The molecular formula is C11H19N3S. The lowest BCUT2D eigenvalue weighted by atomic mass is 10.2. The van der Waals surface area contributed by atoms with E-state index in [0.717, 1.165) is 23.8 Å². The Balaban J connectivity index is 2.56. The lowest BCUT2D eigenvalue weighted by Gasteiger charge is -2.14. The van der Waals surface area contributed by atoms with Gasteiger partial charge in [0.1, 0.15) is 11.6 Å². The maximum Gasteiger partial charge on any atom is 0.130 e. The predicted molar refractivity (Wildman–Crippen MR) is 67.6 cm³/mol. The van der Waals surface area contributed by atoms with Crippen molar-refractivity contribution in [2.24, 2.45) is 0 Å². The number of aryl methyl sites for hydroxylation is 2. The van der Waals surface area contributed by atoms with Crippen molar-refractivity contribution in [1.29, 1.82) is 0 Å². The van der Waals surface area contributed by atoms with Crippen LogP contribution in [0, 0.1) is 13.8 Å². The lowest BCUT2D eigenvalue weighted by Crippen LogP contribution is -2.17. The van der Waals surface area contributed by atoms with Gasteiger partial charge in [-0.05, 0) is 39.2 Å². The molecule has 1 N–H and O–H groups in total.